The number of hydrogen-bond donors (Lipinski definition) is 2. The van der Waals surface area contributed by atoms with Gasteiger partial charge in [-0.3, -0.25) is 9.59 Å². The zero-order valence-electron chi connectivity index (χ0n) is 13.9. The Morgan fingerprint density at radius 3 is 2.54 bits per heavy atom. The van der Waals surface area contributed by atoms with Gasteiger partial charge < -0.3 is 15.1 Å². The normalized spacial score (nSPS) is 15.4. The average Bonchev–Trinajstić information content (AvgIpc) is 2.57. The molecule has 0 aromatic heterocycles. The fraction of sp³-hybridized carbons (Fsp3) is 0.529. The van der Waals surface area contributed by atoms with Gasteiger partial charge in [0.15, 0.2) is 6.54 Å². The van der Waals surface area contributed by atoms with Crippen molar-refractivity contribution in [1.29, 1.82) is 0 Å². The topological polar surface area (TPSA) is 53.9 Å². The number of piperazine rings is 1. The summed E-state index contributed by atoms with van der Waals surface area (Å²) >= 11 is 11.9. The van der Waals surface area contributed by atoms with Crippen LogP contribution in [0.3, 0.4) is 0 Å². The molecule has 1 fully saturated rings. The zero-order chi connectivity index (χ0) is 17.5. The first-order chi connectivity index (χ1) is 11.5. The van der Waals surface area contributed by atoms with E-state index in [2.05, 4.69) is 5.32 Å². The summed E-state index contributed by atoms with van der Waals surface area (Å²) < 4.78 is 0. The van der Waals surface area contributed by atoms with Crippen LogP contribution in [0.2, 0.25) is 10.0 Å². The predicted octanol–water partition coefficient (Wildman–Crippen LogP) is 0.789. The third-order valence-corrected chi connectivity index (χ3v) is 4.88. The first-order valence-electron chi connectivity index (χ1n) is 8.31. The van der Waals surface area contributed by atoms with E-state index in [1.807, 2.05) is 17.9 Å². The van der Waals surface area contributed by atoms with Gasteiger partial charge in [0.1, 0.15) is 0 Å². The molecular weight excluding hydrogens is 349 g/mol. The number of rotatable bonds is 6. The van der Waals surface area contributed by atoms with Gasteiger partial charge in [-0.2, -0.15) is 0 Å². The minimum atomic E-state index is 0.0856. The Hall–Kier alpha value is -1.30. The second-order valence-corrected chi connectivity index (χ2v) is 6.90. The smallest absolute Gasteiger partial charge is 0.275 e. The van der Waals surface area contributed by atoms with Crippen LogP contribution in [0.1, 0.15) is 18.9 Å². The molecule has 1 aromatic carbocycles. The largest absolute Gasteiger partial charge is 0.351 e. The standard InChI is InChI=1S/C17H23Cl2N3O2/c1-2-5-20-16(23)12-21-6-8-22(9-7-21)17(24)11-13-3-4-14(18)15(19)10-13/h3-4,10H,2,5-9,11-12H2,1H3,(H,20,23)/p+1. The number of amides is 2. The van der Waals surface area contributed by atoms with Gasteiger partial charge >= 0.3 is 0 Å². The lowest BCUT2D eigenvalue weighted by Gasteiger charge is -2.32. The molecule has 1 aliphatic rings. The summed E-state index contributed by atoms with van der Waals surface area (Å²) in [5, 5.41) is 3.85. The molecule has 24 heavy (non-hydrogen) atoms. The molecule has 132 valence electrons. The van der Waals surface area contributed by atoms with Gasteiger partial charge in [0.2, 0.25) is 5.91 Å². The van der Waals surface area contributed by atoms with Crippen molar-refractivity contribution in [2.45, 2.75) is 19.8 Å². The highest BCUT2D eigenvalue weighted by Gasteiger charge is 2.25. The molecule has 0 radical (unpaired) electrons. The van der Waals surface area contributed by atoms with E-state index >= 15 is 0 Å². The molecule has 2 amide bonds. The number of carbonyl (C=O) groups excluding carboxylic acids is 2. The molecule has 2 rings (SSSR count). The average molecular weight is 373 g/mol. The van der Waals surface area contributed by atoms with Crippen LogP contribution >= 0.6 is 23.2 Å². The van der Waals surface area contributed by atoms with E-state index in [1.165, 1.54) is 4.90 Å². The molecule has 1 heterocycles. The van der Waals surface area contributed by atoms with Crippen molar-refractivity contribution < 1.29 is 14.5 Å². The van der Waals surface area contributed by atoms with Crippen molar-refractivity contribution >= 4 is 35.0 Å². The quantitative estimate of drug-likeness (QED) is 0.775. The zero-order valence-corrected chi connectivity index (χ0v) is 15.4. The lowest BCUT2D eigenvalue weighted by molar-refractivity contribution is -0.896. The molecule has 0 atom stereocenters. The summed E-state index contributed by atoms with van der Waals surface area (Å²) in [5.41, 5.74) is 0.864. The fourth-order valence-electron chi connectivity index (χ4n) is 2.74. The van der Waals surface area contributed by atoms with Crippen molar-refractivity contribution in [3.63, 3.8) is 0 Å². The second-order valence-electron chi connectivity index (χ2n) is 6.08. The number of halogens is 2. The Morgan fingerprint density at radius 2 is 1.92 bits per heavy atom. The first kappa shape index (κ1) is 19.0. The Bertz CT molecular complexity index is 587. The van der Waals surface area contributed by atoms with Crippen molar-refractivity contribution in [2.75, 3.05) is 39.3 Å². The molecule has 1 saturated heterocycles. The van der Waals surface area contributed by atoms with Gasteiger partial charge in [0, 0.05) is 6.54 Å². The van der Waals surface area contributed by atoms with Gasteiger partial charge in [-0.1, -0.05) is 36.2 Å². The van der Waals surface area contributed by atoms with Crippen molar-refractivity contribution in [2.24, 2.45) is 0 Å². The van der Waals surface area contributed by atoms with Gasteiger partial charge in [-0.15, -0.1) is 0 Å². The molecule has 5 nitrogen and oxygen atoms in total. The van der Waals surface area contributed by atoms with E-state index in [9.17, 15) is 9.59 Å². The Kier molecular flexibility index (Phi) is 7.34. The SMILES string of the molecule is CCCNC(=O)C[NH+]1CCN(C(=O)Cc2ccc(Cl)c(Cl)c2)CC1. The fourth-order valence-corrected chi connectivity index (χ4v) is 3.06. The molecule has 2 N–H and O–H groups in total. The van der Waals surface area contributed by atoms with Crippen LogP contribution < -0.4 is 10.2 Å². The third kappa shape index (κ3) is 5.65. The number of carbonyl (C=O) groups is 2. The lowest BCUT2D eigenvalue weighted by atomic mass is 10.1. The van der Waals surface area contributed by atoms with Gasteiger partial charge in [0.25, 0.3) is 5.91 Å². The molecule has 0 bridgehead atoms. The molecular formula is C17H24Cl2N3O2+. The Balaban J connectivity index is 1.78. The number of quaternary nitrogens is 1. The van der Waals surface area contributed by atoms with E-state index in [4.69, 9.17) is 23.2 Å². The highest BCUT2D eigenvalue weighted by Crippen LogP contribution is 2.23. The van der Waals surface area contributed by atoms with Crippen LogP contribution in [-0.2, 0) is 16.0 Å². The highest BCUT2D eigenvalue weighted by atomic mass is 35.5. The number of hydrogen-bond acceptors (Lipinski definition) is 2. The van der Waals surface area contributed by atoms with Crippen LogP contribution in [0.5, 0.6) is 0 Å². The molecule has 7 heteroatoms. The van der Waals surface area contributed by atoms with Gasteiger partial charge in [0.05, 0.1) is 42.6 Å². The maximum atomic E-state index is 12.4. The Labute approximate surface area is 152 Å². The van der Waals surface area contributed by atoms with E-state index in [-0.39, 0.29) is 11.8 Å². The minimum absolute atomic E-state index is 0.0856. The van der Waals surface area contributed by atoms with Gasteiger partial charge in [-0.25, -0.2) is 0 Å². The summed E-state index contributed by atoms with van der Waals surface area (Å²) in [5.74, 6) is 0.172. The van der Waals surface area contributed by atoms with E-state index in [0.29, 0.717) is 36.1 Å². The summed E-state index contributed by atoms with van der Waals surface area (Å²) in [4.78, 5) is 27.2. The molecule has 1 aliphatic heterocycles. The van der Waals surface area contributed by atoms with Crippen LogP contribution in [0, 0.1) is 0 Å². The van der Waals surface area contributed by atoms with Crippen molar-refractivity contribution in [3.8, 4) is 0 Å². The van der Waals surface area contributed by atoms with Crippen LogP contribution in [0.4, 0.5) is 0 Å². The van der Waals surface area contributed by atoms with Crippen molar-refractivity contribution in [1.82, 2.24) is 10.2 Å². The maximum absolute atomic E-state index is 12.4. The molecule has 0 spiro atoms. The van der Waals surface area contributed by atoms with E-state index < -0.39 is 0 Å². The van der Waals surface area contributed by atoms with Crippen LogP contribution in [0.15, 0.2) is 18.2 Å². The minimum Gasteiger partial charge on any atom is -0.351 e. The summed E-state index contributed by atoms with van der Waals surface area (Å²) in [7, 11) is 0. The summed E-state index contributed by atoms with van der Waals surface area (Å²) in [6, 6.07) is 5.27. The first-order valence-corrected chi connectivity index (χ1v) is 9.07. The third-order valence-electron chi connectivity index (χ3n) is 4.15. The second kappa shape index (κ2) is 9.25. The summed E-state index contributed by atoms with van der Waals surface area (Å²) in [6.07, 6.45) is 1.27. The summed E-state index contributed by atoms with van der Waals surface area (Å²) in [6.45, 7) is 6.19. The number of nitrogens with one attached hydrogen (secondary N) is 2. The van der Waals surface area contributed by atoms with Crippen molar-refractivity contribution in [3.05, 3.63) is 33.8 Å². The molecule has 1 aromatic rings. The predicted molar refractivity (Wildman–Crippen MR) is 95.6 cm³/mol. The van der Waals surface area contributed by atoms with E-state index in [1.54, 1.807) is 12.1 Å². The number of benzene rings is 1. The number of nitrogens with zero attached hydrogens (tertiary/aromatic N) is 1. The molecule has 0 saturated carbocycles. The van der Waals surface area contributed by atoms with Gasteiger partial charge in [-0.05, 0) is 24.1 Å². The molecule has 0 unspecified atom stereocenters. The monoisotopic (exact) mass is 372 g/mol. The van der Waals surface area contributed by atoms with Crippen LogP contribution in [0.25, 0.3) is 0 Å². The van der Waals surface area contributed by atoms with E-state index in [0.717, 1.165) is 31.6 Å². The Morgan fingerprint density at radius 1 is 1.21 bits per heavy atom. The molecule has 0 aliphatic carbocycles. The lowest BCUT2D eigenvalue weighted by Crippen LogP contribution is -3.15. The van der Waals surface area contributed by atoms with Crippen LogP contribution in [-0.4, -0.2) is 56.0 Å². The highest BCUT2D eigenvalue weighted by molar-refractivity contribution is 6.42. The maximum Gasteiger partial charge on any atom is 0.275 e.